The Morgan fingerprint density at radius 2 is 1.71 bits per heavy atom. The molecule has 7 heteroatoms. The van der Waals surface area contributed by atoms with Crippen LogP contribution in [0.25, 0.3) is 0 Å². The lowest BCUT2D eigenvalue weighted by Crippen LogP contribution is -2.15. The molecule has 2 aromatic carbocycles. The molecule has 0 saturated heterocycles. The third-order valence-electron chi connectivity index (χ3n) is 3.42. The highest BCUT2D eigenvalue weighted by atomic mass is 32.2. The molecule has 0 bridgehead atoms. The Hall–Kier alpha value is -2.54. The van der Waals surface area contributed by atoms with Crippen LogP contribution in [0.5, 0.6) is 5.75 Å². The van der Waals surface area contributed by atoms with Crippen molar-refractivity contribution >= 4 is 27.3 Å². The van der Waals surface area contributed by atoms with E-state index in [9.17, 15) is 13.2 Å². The second kappa shape index (κ2) is 6.92. The van der Waals surface area contributed by atoms with Gasteiger partial charge in [-0.15, -0.1) is 0 Å². The zero-order valence-electron chi connectivity index (χ0n) is 14.0. The van der Waals surface area contributed by atoms with Crippen LogP contribution in [0.1, 0.15) is 18.1 Å². The number of hydrogen-bond acceptors (Lipinski definition) is 4. The number of sulfonamides is 1. The van der Waals surface area contributed by atoms with Crippen LogP contribution in [0.2, 0.25) is 0 Å². The molecule has 0 aromatic heterocycles. The third-order valence-corrected chi connectivity index (χ3v) is 4.94. The van der Waals surface area contributed by atoms with Crippen LogP contribution in [0, 0.1) is 13.8 Å². The highest BCUT2D eigenvalue weighted by Crippen LogP contribution is 2.27. The quantitative estimate of drug-likeness (QED) is 0.870. The average molecular weight is 348 g/mol. The molecule has 24 heavy (non-hydrogen) atoms. The fraction of sp³-hybridized carbons (Fsp3) is 0.235. The van der Waals surface area contributed by atoms with Gasteiger partial charge in [0.15, 0.2) is 0 Å². The maximum Gasteiger partial charge on any atom is 0.262 e. The van der Waals surface area contributed by atoms with Gasteiger partial charge in [0, 0.05) is 12.6 Å². The molecule has 6 nitrogen and oxygen atoms in total. The molecule has 0 spiro atoms. The fourth-order valence-corrected chi connectivity index (χ4v) is 3.71. The summed E-state index contributed by atoms with van der Waals surface area (Å²) in [5.41, 5.74) is 2.21. The molecule has 2 aromatic rings. The number of methoxy groups -OCH3 is 1. The summed E-state index contributed by atoms with van der Waals surface area (Å²) in [5, 5.41) is 2.62. The Kier molecular flexibility index (Phi) is 5.14. The molecule has 0 unspecified atom stereocenters. The largest absolute Gasteiger partial charge is 0.496 e. The minimum atomic E-state index is -3.75. The molecule has 0 fully saturated rings. The summed E-state index contributed by atoms with van der Waals surface area (Å²) in [4.78, 5) is 11.3. The number of rotatable bonds is 5. The summed E-state index contributed by atoms with van der Waals surface area (Å²) in [6.07, 6.45) is 0. The van der Waals surface area contributed by atoms with E-state index in [1.165, 1.54) is 6.92 Å². The van der Waals surface area contributed by atoms with E-state index in [2.05, 4.69) is 10.0 Å². The standard InChI is InChI=1S/C17H20N2O4S/c1-11-9-17(12(2)8-16(11)23-4)24(21,22)19-15-7-5-6-14(10-15)18-13(3)20/h5-10,19H,1-4H3,(H,18,20). The fourth-order valence-electron chi connectivity index (χ4n) is 2.35. The zero-order chi connectivity index (χ0) is 17.9. The Balaban J connectivity index is 2.35. The lowest BCUT2D eigenvalue weighted by Gasteiger charge is -2.14. The van der Waals surface area contributed by atoms with Crippen molar-refractivity contribution < 1.29 is 17.9 Å². The summed E-state index contributed by atoms with van der Waals surface area (Å²) in [6, 6.07) is 9.79. The first-order valence-corrected chi connectivity index (χ1v) is 8.77. The van der Waals surface area contributed by atoms with Crippen molar-refractivity contribution in [3.63, 3.8) is 0 Å². The van der Waals surface area contributed by atoms with Crippen LogP contribution in [-0.4, -0.2) is 21.4 Å². The lowest BCUT2D eigenvalue weighted by atomic mass is 10.1. The normalized spacial score (nSPS) is 11.0. The predicted octanol–water partition coefficient (Wildman–Crippen LogP) is 3.07. The van der Waals surface area contributed by atoms with Gasteiger partial charge in [0.25, 0.3) is 10.0 Å². The van der Waals surface area contributed by atoms with Crippen molar-refractivity contribution in [1.29, 1.82) is 0 Å². The van der Waals surface area contributed by atoms with Gasteiger partial charge >= 0.3 is 0 Å². The van der Waals surface area contributed by atoms with E-state index >= 15 is 0 Å². The molecule has 128 valence electrons. The second-order valence-corrected chi connectivity index (χ2v) is 7.11. The monoisotopic (exact) mass is 348 g/mol. The summed E-state index contributed by atoms with van der Waals surface area (Å²) < 4.78 is 33.1. The van der Waals surface area contributed by atoms with Gasteiger partial charge in [0.2, 0.25) is 5.91 Å². The number of hydrogen-bond donors (Lipinski definition) is 2. The number of benzene rings is 2. The van der Waals surface area contributed by atoms with Gasteiger partial charge in [-0.1, -0.05) is 6.07 Å². The van der Waals surface area contributed by atoms with Gasteiger partial charge in [0.1, 0.15) is 5.75 Å². The predicted molar refractivity (Wildman–Crippen MR) is 94.0 cm³/mol. The van der Waals surface area contributed by atoms with Crippen molar-refractivity contribution in [2.24, 2.45) is 0 Å². The van der Waals surface area contributed by atoms with Crippen molar-refractivity contribution in [2.75, 3.05) is 17.1 Å². The number of nitrogens with one attached hydrogen (secondary N) is 2. The minimum Gasteiger partial charge on any atom is -0.496 e. The smallest absolute Gasteiger partial charge is 0.262 e. The van der Waals surface area contributed by atoms with E-state index in [1.807, 2.05) is 0 Å². The first kappa shape index (κ1) is 17.8. The molecule has 0 aliphatic heterocycles. The Morgan fingerprint density at radius 1 is 1.04 bits per heavy atom. The molecule has 0 atom stereocenters. The minimum absolute atomic E-state index is 0.186. The van der Waals surface area contributed by atoms with Gasteiger partial charge in [-0.2, -0.15) is 0 Å². The van der Waals surface area contributed by atoms with Crippen LogP contribution in [0.15, 0.2) is 41.3 Å². The van der Waals surface area contributed by atoms with Crippen molar-refractivity contribution in [1.82, 2.24) is 0 Å². The zero-order valence-corrected chi connectivity index (χ0v) is 14.8. The molecule has 1 amide bonds. The Bertz CT molecular complexity index is 876. The van der Waals surface area contributed by atoms with Crippen LogP contribution in [-0.2, 0) is 14.8 Å². The number of aryl methyl sites for hydroxylation is 2. The summed E-state index contributed by atoms with van der Waals surface area (Å²) in [7, 11) is -2.21. The topological polar surface area (TPSA) is 84.5 Å². The average Bonchev–Trinajstić information content (AvgIpc) is 2.48. The SMILES string of the molecule is COc1cc(C)c(S(=O)(=O)Nc2cccc(NC(C)=O)c2)cc1C. The van der Waals surface area contributed by atoms with Gasteiger partial charge in [-0.25, -0.2) is 8.42 Å². The summed E-state index contributed by atoms with van der Waals surface area (Å²) in [6.45, 7) is 4.89. The van der Waals surface area contributed by atoms with Crippen LogP contribution >= 0.6 is 0 Å². The molecule has 0 saturated carbocycles. The van der Waals surface area contributed by atoms with E-state index in [1.54, 1.807) is 57.4 Å². The number of carbonyl (C=O) groups is 1. The number of anilines is 2. The van der Waals surface area contributed by atoms with E-state index in [-0.39, 0.29) is 10.8 Å². The Morgan fingerprint density at radius 3 is 2.33 bits per heavy atom. The van der Waals surface area contributed by atoms with Crippen molar-refractivity contribution in [2.45, 2.75) is 25.7 Å². The van der Waals surface area contributed by atoms with Crippen LogP contribution in [0.4, 0.5) is 11.4 Å². The molecule has 0 aliphatic rings. The second-order valence-electron chi connectivity index (χ2n) is 5.45. The summed E-state index contributed by atoms with van der Waals surface area (Å²) >= 11 is 0. The molecule has 0 heterocycles. The van der Waals surface area contributed by atoms with Crippen molar-refractivity contribution in [3.8, 4) is 5.75 Å². The molecular formula is C17H20N2O4S. The van der Waals surface area contributed by atoms with Crippen LogP contribution < -0.4 is 14.8 Å². The molecule has 2 N–H and O–H groups in total. The molecule has 0 aliphatic carbocycles. The van der Waals surface area contributed by atoms with Gasteiger partial charge in [-0.05, 0) is 55.3 Å². The van der Waals surface area contributed by atoms with E-state index in [4.69, 9.17) is 4.74 Å². The number of amides is 1. The van der Waals surface area contributed by atoms with E-state index in [0.717, 1.165) is 5.56 Å². The number of ether oxygens (including phenoxy) is 1. The maximum atomic E-state index is 12.7. The van der Waals surface area contributed by atoms with Crippen LogP contribution in [0.3, 0.4) is 0 Å². The highest BCUT2D eigenvalue weighted by Gasteiger charge is 2.19. The van der Waals surface area contributed by atoms with Gasteiger partial charge < -0.3 is 10.1 Å². The molecule has 2 rings (SSSR count). The first-order chi connectivity index (χ1) is 11.2. The Labute approximate surface area is 141 Å². The van der Waals surface area contributed by atoms with Gasteiger partial charge in [0.05, 0.1) is 17.7 Å². The number of carbonyl (C=O) groups excluding carboxylic acids is 1. The van der Waals surface area contributed by atoms with Gasteiger partial charge in [-0.3, -0.25) is 9.52 Å². The van der Waals surface area contributed by atoms with Crippen molar-refractivity contribution in [3.05, 3.63) is 47.5 Å². The third kappa shape index (κ3) is 4.05. The first-order valence-electron chi connectivity index (χ1n) is 7.28. The van der Waals surface area contributed by atoms with E-state index < -0.39 is 10.0 Å². The highest BCUT2D eigenvalue weighted by molar-refractivity contribution is 7.92. The lowest BCUT2D eigenvalue weighted by molar-refractivity contribution is -0.114. The van der Waals surface area contributed by atoms with E-state index in [0.29, 0.717) is 22.7 Å². The molecule has 0 radical (unpaired) electrons. The molecular weight excluding hydrogens is 328 g/mol. The maximum absolute atomic E-state index is 12.7. The summed E-state index contributed by atoms with van der Waals surface area (Å²) in [5.74, 6) is 0.413.